The maximum absolute atomic E-state index is 12.5. The molecule has 0 spiro atoms. The number of nitrogens with zero attached hydrogens (tertiary/aromatic N) is 3. The zero-order valence-corrected chi connectivity index (χ0v) is 12.9. The number of hydrogen-bond donors (Lipinski definition) is 1. The Kier molecular flexibility index (Phi) is 3.66. The molecule has 120 valence electrons. The summed E-state index contributed by atoms with van der Waals surface area (Å²) < 4.78 is 5.23. The van der Waals surface area contributed by atoms with Crippen molar-refractivity contribution >= 4 is 11.9 Å². The van der Waals surface area contributed by atoms with Crippen LogP contribution in [0.4, 0.5) is 0 Å². The molecule has 1 aliphatic heterocycles. The van der Waals surface area contributed by atoms with Gasteiger partial charge in [0, 0.05) is 24.9 Å². The molecule has 1 saturated carbocycles. The van der Waals surface area contributed by atoms with Crippen molar-refractivity contribution in [1.29, 1.82) is 0 Å². The van der Waals surface area contributed by atoms with Crippen LogP contribution in [0.2, 0.25) is 0 Å². The van der Waals surface area contributed by atoms with Gasteiger partial charge in [-0.2, -0.15) is 4.98 Å². The molecule has 2 aliphatic rings. The summed E-state index contributed by atoms with van der Waals surface area (Å²) in [5, 5.41) is 13.3. The van der Waals surface area contributed by atoms with Crippen molar-refractivity contribution in [3.8, 4) is 0 Å². The minimum atomic E-state index is -1.16. The van der Waals surface area contributed by atoms with Gasteiger partial charge in [0.25, 0.3) is 0 Å². The lowest BCUT2D eigenvalue weighted by Gasteiger charge is -2.33. The maximum atomic E-state index is 12.5. The molecule has 0 bridgehead atoms. The van der Waals surface area contributed by atoms with E-state index in [4.69, 9.17) is 4.52 Å². The standard InChI is InChI=1S/C15H21N3O4/c1-9(2)12-16-11(17-22-12)10-4-3-7-18(8-10)13(19)15(5-6-15)14(20)21/h9-10H,3-8H2,1-2H3,(H,20,21). The number of rotatable bonds is 4. The quantitative estimate of drug-likeness (QED) is 0.851. The van der Waals surface area contributed by atoms with Crippen LogP contribution in [0, 0.1) is 5.41 Å². The van der Waals surface area contributed by atoms with Crippen LogP contribution in [0.5, 0.6) is 0 Å². The fourth-order valence-corrected chi connectivity index (χ4v) is 2.97. The number of amides is 1. The summed E-state index contributed by atoms with van der Waals surface area (Å²) in [6.07, 6.45) is 2.61. The number of aliphatic carboxylic acids is 1. The molecule has 1 aromatic rings. The monoisotopic (exact) mass is 307 g/mol. The normalized spacial score (nSPS) is 23.6. The largest absolute Gasteiger partial charge is 0.480 e. The number of carboxylic acid groups (broad SMARTS) is 1. The van der Waals surface area contributed by atoms with Crippen molar-refractivity contribution in [3.05, 3.63) is 11.7 Å². The molecule has 1 atom stereocenters. The molecule has 1 amide bonds. The third kappa shape index (κ3) is 2.48. The number of aromatic nitrogens is 2. The number of carbonyl (C=O) groups is 2. The van der Waals surface area contributed by atoms with Crippen LogP contribution >= 0.6 is 0 Å². The van der Waals surface area contributed by atoms with E-state index < -0.39 is 11.4 Å². The van der Waals surface area contributed by atoms with E-state index in [-0.39, 0.29) is 17.7 Å². The molecule has 22 heavy (non-hydrogen) atoms. The Morgan fingerprint density at radius 1 is 1.41 bits per heavy atom. The van der Waals surface area contributed by atoms with Gasteiger partial charge in [0.15, 0.2) is 5.82 Å². The molecular weight excluding hydrogens is 286 g/mol. The summed E-state index contributed by atoms with van der Waals surface area (Å²) in [4.78, 5) is 29.9. The van der Waals surface area contributed by atoms with Gasteiger partial charge in [-0.25, -0.2) is 0 Å². The fraction of sp³-hybridized carbons (Fsp3) is 0.733. The molecule has 1 N–H and O–H groups in total. The molecule has 1 aliphatic carbocycles. The van der Waals surface area contributed by atoms with E-state index >= 15 is 0 Å². The first-order valence-corrected chi connectivity index (χ1v) is 7.80. The van der Waals surface area contributed by atoms with Crippen molar-refractivity contribution in [2.75, 3.05) is 13.1 Å². The first-order chi connectivity index (χ1) is 10.4. The van der Waals surface area contributed by atoms with E-state index in [1.54, 1.807) is 4.90 Å². The van der Waals surface area contributed by atoms with Gasteiger partial charge in [-0.05, 0) is 25.7 Å². The minimum absolute atomic E-state index is 0.0264. The summed E-state index contributed by atoms with van der Waals surface area (Å²) in [6.45, 7) is 5.06. The second-order valence-corrected chi connectivity index (χ2v) is 6.62. The highest BCUT2D eigenvalue weighted by atomic mass is 16.5. The number of carboxylic acids is 1. The molecule has 0 aromatic carbocycles. The van der Waals surface area contributed by atoms with Gasteiger partial charge in [-0.1, -0.05) is 19.0 Å². The topological polar surface area (TPSA) is 96.5 Å². The highest BCUT2D eigenvalue weighted by Crippen LogP contribution is 2.48. The average Bonchev–Trinajstić information content (AvgIpc) is 3.16. The van der Waals surface area contributed by atoms with Gasteiger partial charge in [-0.15, -0.1) is 0 Å². The summed E-state index contributed by atoms with van der Waals surface area (Å²) in [5.74, 6) is 0.172. The third-order valence-electron chi connectivity index (χ3n) is 4.59. The van der Waals surface area contributed by atoms with Crippen molar-refractivity contribution < 1.29 is 19.2 Å². The highest BCUT2D eigenvalue weighted by Gasteiger charge is 2.58. The van der Waals surface area contributed by atoms with E-state index in [9.17, 15) is 14.7 Å². The van der Waals surface area contributed by atoms with Gasteiger partial charge in [0.2, 0.25) is 11.8 Å². The van der Waals surface area contributed by atoms with Crippen LogP contribution in [-0.2, 0) is 9.59 Å². The lowest BCUT2D eigenvalue weighted by Crippen LogP contribution is -2.45. The first kappa shape index (κ1) is 15.0. The highest BCUT2D eigenvalue weighted by molar-refractivity contribution is 6.04. The van der Waals surface area contributed by atoms with Crippen LogP contribution in [0.15, 0.2) is 4.52 Å². The average molecular weight is 307 g/mol. The Morgan fingerprint density at radius 2 is 2.14 bits per heavy atom. The van der Waals surface area contributed by atoms with Crippen LogP contribution in [-0.4, -0.2) is 45.1 Å². The molecule has 7 nitrogen and oxygen atoms in total. The molecule has 1 saturated heterocycles. The molecule has 2 fully saturated rings. The SMILES string of the molecule is CC(C)c1nc(C2CCCN(C(=O)C3(C(=O)O)CC3)C2)no1. The third-order valence-corrected chi connectivity index (χ3v) is 4.59. The Hall–Kier alpha value is -1.92. The Morgan fingerprint density at radius 3 is 2.68 bits per heavy atom. The van der Waals surface area contributed by atoms with Gasteiger partial charge >= 0.3 is 5.97 Å². The van der Waals surface area contributed by atoms with Gasteiger partial charge < -0.3 is 14.5 Å². The van der Waals surface area contributed by atoms with Crippen molar-refractivity contribution in [1.82, 2.24) is 15.0 Å². The van der Waals surface area contributed by atoms with Crippen LogP contribution in [0.25, 0.3) is 0 Å². The Bertz CT molecular complexity index is 591. The smallest absolute Gasteiger partial charge is 0.319 e. The minimum Gasteiger partial charge on any atom is -0.480 e. The van der Waals surface area contributed by atoms with Crippen molar-refractivity contribution in [2.24, 2.45) is 5.41 Å². The molecule has 0 radical (unpaired) electrons. The number of hydrogen-bond acceptors (Lipinski definition) is 5. The summed E-state index contributed by atoms with van der Waals surface area (Å²) in [5.41, 5.74) is -1.16. The van der Waals surface area contributed by atoms with Crippen LogP contribution in [0.3, 0.4) is 0 Å². The van der Waals surface area contributed by atoms with E-state index in [0.29, 0.717) is 37.6 Å². The maximum Gasteiger partial charge on any atom is 0.319 e. The van der Waals surface area contributed by atoms with Crippen molar-refractivity contribution in [3.63, 3.8) is 0 Å². The predicted octanol–water partition coefficient (Wildman–Crippen LogP) is 1.76. The number of piperidine rings is 1. The zero-order valence-electron chi connectivity index (χ0n) is 12.9. The van der Waals surface area contributed by atoms with Gasteiger partial charge in [0.1, 0.15) is 5.41 Å². The molecular formula is C15H21N3O4. The van der Waals surface area contributed by atoms with E-state index in [1.807, 2.05) is 13.8 Å². The Balaban J connectivity index is 1.71. The molecule has 7 heteroatoms. The second-order valence-electron chi connectivity index (χ2n) is 6.62. The molecule has 3 rings (SSSR count). The summed E-state index contributed by atoms with van der Waals surface area (Å²) in [7, 11) is 0. The van der Waals surface area contributed by atoms with Crippen LogP contribution in [0.1, 0.15) is 63.1 Å². The lowest BCUT2D eigenvalue weighted by atomic mass is 9.95. The lowest BCUT2D eigenvalue weighted by molar-refractivity contribution is -0.154. The van der Waals surface area contributed by atoms with Gasteiger partial charge in [-0.3, -0.25) is 9.59 Å². The fourth-order valence-electron chi connectivity index (χ4n) is 2.97. The molecule has 2 heterocycles. The first-order valence-electron chi connectivity index (χ1n) is 7.80. The van der Waals surface area contributed by atoms with E-state index in [1.165, 1.54) is 0 Å². The van der Waals surface area contributed by atoms with Crippen molar-refractivity contribution in [2.45, 2.75) is 51.4 Å². The zero-order chi connectivity index (χ0) is 15.9. The molecule has 1 aromatic heterocycles. The van der Waals surface area contributed by atoms with Gasteiger partial charge in [0.05, 0.1) is 0 Å². The summed E-state index contributed by atoms with van der Waals surface area (Å²) in [6, 6.07) is 0. The van der Waals surface area contributed by atoms with E-state index in [0.717, 1.165) is 12.8 Å². The summed E-state index contributed by atoms with van der Waals surface area (Å²) >= 11 is 0. The Labute approximate surface area is 128 Å². The number of likely N-dealkylation sites (tertiary alicyclic amines) is 1. The second kappa shape index (κ2) is 5.37. The van der Waals surface area contributed by atoms with E-state index in [2.05, 4.69) is 10.1 Å². The predicted molar refractivity (Wildman–Crippen MR) is 76.2 cm³/mol. The number of carbonyl (C=O) groups excluding carboxylic acids is 1. The molecule has 1 unspecified atom stereocenters. The van der Waals surface area contributed by atoms with Crippen LogP contribution < -0.4 is 0 Å².